The summed E-state index contributed by atoms with van der Waals surface area (Å²) in [6.45, 7) is 0.738. The van der Waals surface area contributed by atoms with Gasteiger partial charge in [0.15, 0.2) is 0 Å². The maximum Gasteiger partial charge on any atom is 0.255 e. The van der Waals surface area contributed by atoms with Crippen LogP contribution in [0, 0.1) is 0 Å². The number of methoxy groups -OCH3 is 1. The molecule has 2 aromatic carbocycles. The lowest BCUT2D eigenvalue weighted by molar-refractivity contribution is -0.134. The molecular weight excluding hydrogens is 500 g/mol. The number of benzene rings is 2. The molecule has 0 bridgehead atoms. The summed E-state index contributed by atoms with van der Waals surface area (Å²) < 4.78 is 6.08. The lowest BCUT2D eigenvalue weighted by Crippen LogP contribution is -2.47. The van der Waals surface area contributed by atoms with Crippen LogP contribution in [-0.4, -0.2) is 47.9 Å². The van der Waals surface area contributed by atoms with Gasteiger partial charge in [-0.25, -0.2) is 0 Å². The molecule has 5 nitrogen and oxygen atoms in total. The molecule has 2 heterocycles. The monoisotopic (exact) mass is 524 g/mol. The zero-order chi connectivity index (χ0) is 22.9. The molecule has 2 amide bonds. The molecule has 0 spiro atoms. The summed E-state index contributed by atoms with van der Waals surface area (Å²) >= 11 is 5.24. The van der Waals surface area contributed by atoms with Gasteiger partial charge in [0.2, 0.25) is 5.91 Å². The molecule has 7 heteroatoms. The highest BCUT2D eigenvalue weighted by atomic mass is 79.9. The molecule has 1 fully saturated rings. The summed E-state index contributed by atoms with van der Waals surface area (Å²) in [4.78, 5) is 32.1. The number of carbonyl (C=O) groups excluding carboxylic acids is 2. The van der Waals surface area contributed by atoms with Crippen LogP contribution in [0.5, 0.6) is 5.75 Å². The third kappa shape index (κ3) is 4.44. The smallest absolute Gasteiger partial charge is 0.255 e. The normalized spacial score (nSPS) is 17.4. The van der Waals surface area contributed by atoms with Gasteiger partial charge in [-0.05, 0) is 82.0 Å². The van der Waals surface area contributed by atoms with Crippen molar-refractivity contribution < 1.29 is 14.3 Å². The zero-order valence-electron chi connectivity index (χ0n) is 18.4. The van der Waals surface area contributed by atoms with Gasteiger partial charge in [0, 0.05) is 21.9 Å². The molecular formula is C26H25BrN2O3S. The average Bonchev–Trinajstić information content (AvgIpc) is 3.57. The second-order valence-electron chi connectivity index (χ2n) is 8.46. The molecule has 1 aliphatic heterocycles. The Labute approximate surface area is 206 Å². The highest BCUT2D eigenvalue weighted by Gasteiger charge is 2.38. The molecule has 1 atom stereocenters. The van der Waals surface area contributed by atoms with Crippen LogP contribution in [-0.2, 0) is 11.2 Å². The number of thiophene rings is 1. The fourth-order valence-electron chi connectivity index (χ4n) is 4.51. The number of ether oxygens (including phenoxy) is 1. The summed E-state index contributed by atoms with van der Waals surface area (Å²) in [7, 11) is 1.65. The third-order valence-corrected chi connectivity index (χ3v) is 8.06. The van der Waals surface area contributed by atoms with Gasteiger partial charge in [0.1, 0.15) is 12.3 Å². The summed E-state index contributed by atoms with van der Waals surface area (Å²) in [5.41, 5.74) is 2.83. The van der Waals surface area contributed by atoms with Gasteiger partial charge in [0.25, 0.3) is 5.91 Å². The Bertz CT molecular complexity index is 1170. The molecule has 1 unspecified atom stereocenters. The van der Waals surface area contributed by atoms with Gasteiger partial charge < -0.3 is 14.5 Å². The molecule has 1 saturated carbocycles. The SMILES string of the molecule is COc1ccc(C2c3ccsc3CCN2C(=O)CN(C(=O)c2ccccc2Br)C2CC2)cc1. The van der Waals surface area contributed by atoms with Gasteiger partial charge in [-0.3, -0.25) is 9.59 Å². The molecule has 1 aromatic heterocycles. The Kier molecular flexibility index (Phi) is 6.25. The first-order valence-corrected chi connectivity index (χ1v) is 12.8. The van der Waals surface area contributed by atoms with Crippen LogP contribution in [0.3, 0.4) is 0 Å². The summed E-state index contributed by atoms with van der Waals surface area (Å²) in [5, 5.41) is 2.10. The van der Waals surface area contributed by atoms with Crippen LogP contribution in [0.15, 0.2) is 64.5 Å². The van der Waals surface area contributed by atoms with Crippen molar-refractivity contribution in [3.63, 3.8) is 0 Å². The van der Waals surface area contributed by atoms with Crippen LogP contribution in [0.1, 0.15) is 45.2 Å². The van der Waals surface area contributed by atoms with E-state index in [9.17, 15) is 9.59 Å². The molecule has 1 aliphatic carbocycles. The van der Waals surface area contributed by atoms with Crippen molar-refractivity contribution in [3.8, 4) is 5.75 Å². The first-order valence-electron chi connectivity index (χ1n) is 11.1. The van der Waals surface area contributed by atoms with Crippen molar-refractivity contribution in [1.29, 1.82) is 0 Å². The van der Waals surface area contributed by atoms with E-state index in [1.165, 1.54) is 10.4 Å². The van der Waals surface area contributed by atoms with E-state index < -0.39 is 0 Å². The summed E-state index contributed by atoms with van der Waals surface area (Å²) in [6, 6.07) is 17.5. The molecule has 0 radical (unpaired) electrons. The Morgan fingerprint density at radius 2 is 1.88 bits per heavy atom. The quantitative estimate of drug-likeness (QED) is 0.439. The predicted octanol–water partition coefficient (Wildman–Crippen LogP) is 5.30. The number of hydrogen-bond donors (Lipinski definition) is 0. The minimum atomic E-state index is -0.155. The van der Waals surface area contributed by atoms with Crippen molar-refractivity contribution >= 4 is 39.1 Å². The van der Waals surface area contributed by atoms with E-state index in [2.05, 4.69) is 27.4 Å². The standard InChI is InChI=1S/C26H25BrN2O3S/c1-32-19-10-6-17(7-11-19)25-21-13-15-33-23(21)12-14-28(25)24(30)16-29(18-8-9-18)26(31)20-4-2-3-5-22(20)27/h2-7,10-11,13,15,18,25H,8-9,12,14,16H2,1H3. The molecule has 170 valence electrons. The van der Waals surface area contributed by atoms with Gasteiger partial charge in [0.05, 0.1) is 18.7 Å². The molecule has 0 saturated heterocycles. The van der Waals surface area contributed by atoms with Crippen LogP contribution in [0.4, 0.5) is 0 Å². The minimum absolute atomic E-state index is 0.0139. The summed E-state index contributed by atoms with van der Waals surface area (Å²) in [6.07, 6.45) is 2.73. The zero-order valence-corrected chi connectivity index (χ0v) is 20.8. The van der Waals surface area contributed by atoms with Crippen molar-refractivity contribution in [2.24, 2.45) is 0 Å². The van der Waals surface area contributed by atoms with Crippen molar-refractivity contribution in [2.45, 2.75) is 31.3 Å². The lowest BCUT2D eigenvalue weighted by atomic mass is 9.93. The predicted molar refractivity (Wildman–Crippen MR) is 133 cm³/mol. The van der Waals surface area contributed by atoms with Crippen LogP contribution < -0.4 is 4.74 Å². The largest absolute Gasteiger partial charge is 0.497 e. The van der Waals surface area contributed by atoms with Crippen LogP contribution in [0.25, 0.3) is 0 Å². The van der Waals surface area contributed by atoms with Crippen molar-refractivity contribution in [3.05, 3.63) is 86.0 Å². The van der Waals surface area contributed by atoms with Gasteiger partial charge >= 0.3 is 0 Å². The van der Waals surface area contributed by atoms with E-state index in [1.807, 2.05) is 53.4 Å². The Morgan fingerprint density at radius 3 is 2.58 bits per heavy atom. The minimum Gasteiger partial charge on any atom is -0.497 e. The highest BCUT2D eigenvalue weighted by Crippen LogP contribution is 2.39. The molecule has 2 aliphatic rings. The van der Waals surface area contributed by atoms with Gasteiger partial charge in [-0.1, -0.05) is 24.3 Å². The number of nitrogens with zero attached hydrogens (tertiary/aromatic N) is 2. The van der Waals surface area contributed by atoms with Crippen molar-refractivity contribution in [1.82, 2.24) is 9.80 Å². The van der Waals surface area contributed by atoms with E-state index in [0.717, 1.165) is 35.0 Å². The number of rotatable bonds is 6. The number of halogens is 1. The van der Waals surface area contributed by atoms with E-state index in [4.69, 9.17) is 4.74 Å². The molecule has 0 N–H and O–H groups in total. The van der Waals surface area contributed by atoms with Gasteiger partial charge in [-0.15, -0.1) is 11.3 Å². The lowest BCUT2D eigenvalue weighted by Gasteiger charge is -2.37. The first-order chi connectivity index (χ1) is 16.1. The highest BCUT2D eigenvalue weighted by molar-refractivity contribution is 9.10. The fourth-order valence-corrected chi connectivity index (χ4v) is 5.87. The van der Waals surface area contributed by atoms with E-state index >= 15 is 0 Å². The van der Waals surface area contributed by atoms with E-state index in [0.29, 0.717) is 12.1 Å². The number of fused-ring (bicyclic) bond motifs is 1. The Morgan fingerprint density at radius 1 is 1.12 bits per heavy atom. The van der Waals surface area contributed by atoms with Gasteiger partial charge in [-0.2, -0.15) is 0 Å². The molecule has 33 heavy (non-hydrogen) atoms. The van der Waals surface area contributed by atoms with E-state index in [-0.39, 0.29) is 30.4 Å². The van der Waals surface area contributed by atoms with Crippen LogP contribution >= 0.6 is 27.3 Å². The molecule has 3 aromatic rings. The second-order valence-corrected chi connectivity index (χ2v) is 10.3. The topological polar surface area (TPSA) is 49.9 Å². The number of amides is 2. The number of carbonyl (C=O) groups is 2. The van der Waals surface area contributed by atoms with Crippen molar-refractivity contribution in [2.75, 3.05) is 20.2 Å². The second kappa shape index (κ2) is 9.31. The number of hydrogen-bond acceptors (Lipinski definition) is 4. The average molecular weight is 525 g/mol. The Balaban J connectivity index is 1.43. The maximum absolute atomic E-state index is 13.7. The fraction of sp³-hybridized carbons (Fsp3) is 0.308. The first kappa shape index (κ1) is 22.2. The maximum atomic E-state index is 13.7. The summed E-state index contributed by atoms with van der Waals surface area (Å²) in [5.74, 6) is 0.685. The third-order valence-electron chi connectivity index (χ3n) is 6.38. The molecule has 5 rings (SSSR count). The van der Waals surface area contributed by atoms with E-state index in [1.54, 1.807) is 23.3 Å². The van der Waals surface area contributed by atoms with Crippen LogP contribution in [0.2, 0.25) is 0 Å². The Hall–Kier alpha value is -2.64.